The quantitative estimate of drug-likeness (QED) is 0.458. The molecule has 0 saturated carbocycles. The van der Waals surface area contributed by atoms with Gasteiger partial charge in [-0.25, -0.2) is 9.59 Å². The van der Waals surface area contributed by atoms with Gasteiger partial charge >= 0.3 is 18.1 Å². The molecule has 8 nitrogen and oxygen atoms in total. The number of amides is 3. The van der Waals surface area contributed by atoms with Crippen LogP contribution in [0.4, 0.5) is 9.59 Å². The normalized spacial score (nSPS) is 11.4. The monoisotopic (exact) mass is 261 g/mol. The Kier molecular flexibility index (Phi) is 8.08. The first-order chi connectivity index (χ1) is 8.45. The van der Waals surface area contributed by atoms with Crippen LogP contribution in [-0.2, 0) is 9.53 Å². The molecule has 0 bridgehead atoms. The molecule has 0 spiro atoms. The second-order valence-electron chi connectivity index (χ2n) is 3.65. The Morgan fingerprint density at radius 3 is 2.56 bits per heavy atom. The van der Waals surface area contributed by atoms with E-state index in [0.29, 0.717) is 6.42 Å². The van der Waals surface area contributed by atoms with E-state index in [2.05, 4.69) is 15.4 Å². The third kappa shape index (κ3) is 9.25. The number of hydrogen-bond donors (Lipinski definition) is 4. The van der Waals surface area contributed by atoms with Gasteiger partial charge in [0.1, 0.15) is 6.61 Å². The van der Waals surface area contributed by atoms with Crippen molar-refractivity contribution in [2.75, 3.05) is 13.2 Å². The summed E-state index contributed by atoms with van der Waals surface area (Å²) in [5, 5.41) is 13.6. The van der Waals surface area contributed by atoms with Gasteiger partial charge in [0.2, 0.25) is 0 Å². The Bertz CT molecular complexity index is 295. The lowest BCUT2D eigenvalue weighted by molar-refractivity contribution is -0.137. The van der Waals surface area contributed by atoms with Crippen molar-refractivity contribution in [2.45, 2.75) is 32.2 Å². The number of ether oxygens (including phenoxy) is 1. The van der Waals surface area contributed by atoms with Gasteiger partial charge in [-0.1, -0.05) is 13.3 Å². The highest BCUT2D eigenvalue weighted by Gasteiger charge is 2.14. The minimum atomic E-state index is -0.967. The standard InChI is InChI=1S/C10H19N3O5/c1-2-3-7(6-8(14)15)13-10(17)12-4-5-18-9(11)16/h7H,2-6H2,1H3,(H2,11,16)(H,14,15)(H2,12,13,17). The lowest BCUT2D eigenvalue weighted by Crippen LogP contribution is -2.44. The second-order valence-corrected chi connectivity index (χ2v) is 3.65. The lowest BCUT2D eigenvalue weighted by atomic mass is 10.1. The summed E-state index contributed by atoms with van der Waals surface area (Å²) in [6.07, 6.45) is 0.312. The molecule has 8 heteroatoms. The maximum absolute atomic E-state index is 11.4. The van der Waals surface area contributed by atoms with Crippen LogP contribution in [-0.4, -0.2) is 42.4 Å². The summed E-state index contributed by atoms with van der Waals surface area (Å²) >= 11 is 0. The molecule has 0 rings (SSSR count). The zero-order valence-corrected chi connectivity index (χ0v) is 10.3. The van der Waals surface area contributed by atoms with Crippen molar-refractivity contribution in [3.8, 4) is 0 Å². The summed E-state index contributed by atoms with van der Waals surface area (Å²) in [5.41, 5.74) is 4.73. The smallest absolute Gasteiger partial charge is 0.404 e. The number of nitrogens with two attached hydrogens (primary N) is 1. The number of carbonyl (C=O) groups excluding carboxylic acids is 2. The number of aliphatic carboxylic acids is 1. The molecule has 0 aromatic rings. The van der Waals surface area contributed by atoms with Crippen molar-refractivity contribution < 1.29 is 24.2 Å². The van der Waals surface area contributed by atoms with Crippen molar-refractivity contribution >= 4 is 18.1 Å². The summed E-state index contributed by atoms with van der Waals surface area (Å²) < 4.78 is 4.41. The molecule has 0 fully saturated rings. The van der Waals surface area contributed by atoms with Gasteiger partial charge in [0.15, 0.2) is 0 Å². The van der Waals surface area contributed by atoms with E-state index >= 15 is 0 Å². The summed E-state index contributed by atoms with van der Waals surface area (Å²) in [6.45, 7) is 1.98. The Morgan fingerprint density at radius 1 is 1.39 bits per heavy atom. The molecule has 1 unspecified atom stereocenters. The number of carboxylic acids is 1. The fraction of sp³-hybridized carbons (Fsp3) is 0.700. The Hall–Kier alpha value is -1.99. The highest BCUT2D eigenvalue weighted by molar-refractivity contribution is 5.75. The summed E-state index contributed by atoms with van der Waals surface area (Å²) in [7, 11) is 0. The largest absolute Gasteiger partial charge is 0.481 e. The predicted molar refractivity (Wildman–Crippen MR) is 63.0 cm³/mol. The minimum Gasteiger partial charge on any atom is -0.481 e. The van der Waals surface area contributed by atoms with Crippen molar-refractivity contribution in [2.24, 2.45) is 5.73 Å². The molecule has 0 aliphatic heterocycles. The van der Waals surface area contributed by atoms with Crippen LogP contribution >= 0.6 is 0 Å². The van der Waals surface area contributed by atoms with Crippen LogP contribution in [0.1, 0.15) is 26.2 Å². The molecule has 104 valence electrons. The van der Waals surface area contributed by atoms with Crippen molar-refractivity contribution in [3.63, 3.8) is 0 Å². The van der Waals surface area contributed by atoms with Crippen LogP contribution in [0, 0.1) is 0 Å². The number of carboxylic acid groups (broad SMARTS) is 1. The molecule has 0 aromatic heterocycles. The number of hydrogen-bond acceptors (Lipinski definition) is 4. The molecule has 5 N–H and O–H groups in total. The Labute approximate surface area is 105 Å². The molecule has 0 radical (unpaired) electrons. The van der Waals surface area contributed by atoms with Gasteiger partial charge in [-0.05, 0) is 6.42 Å². The minimum absolute atomic E-state index is 0.0277. The van der Waals surface area contributed by atoms with Crippen LogP contribution in [0.2, 0.25) is 0 Å². The first kappa shape index (κ1) is 16.0. The van der Waals surface area contributed by atoms with Gasteiger partial charge in [-0.3, -0.25) is 4.79 Å². The van der Waals surface area contributed by atoms with E-state index < -0.39 is 24.1 Å². The summed E-state index contributed by atoms with van der Waals surface area (Å²) in [4.78, 5) is 32.2. The van der Waals surface area contributed by atoms with Gasteiger partial charge in [0.05, 0.1) is 13.0 Å². The molecule has 0 aliphatic rings. The van der Waals surface area contributed by atoms with Gasteiger partial charge in [0.25, 0.3) is 0 Å². The Morgan fingerprint density at radius 2 is 2.06 bits per heavy atom. The van der Waals surface area contributed by atoms with Crippen LogP contribution in [0.3, 0.4) is 0 Å². The molecular formula is C10H19N3O5. The topological polar surface area (TPSA) is 131 Å². The number of urea groups is 1. The molecule has 18 heavy (non-hydrogen) atoms. The van der Waals surface area contributed by atoms with Crippen LogP contribution in [0.5, 0.6) is 0 Å². The lowest BCUT2D eigenvalue weighted by Gasteiger charge is -2.16. The van der Waals surface area contributed by atoms with E-state index in [1.807, 2.05) is 6.92 Å². The van der Waals surface area contributed by atoms with E-state index in [1.54, 1.807) is 0 Å². The van der Waals surface area contributed by atoms with Crippen molar-refractivity contribution in [1.82, 2.24) is 10.6 Å². The molecule has 0 aliphatic carbocycles. The number of primary amides is 1. The van der Waals surface area contributed by atoms with Crippen LogP contribution in [0.15, 0.2) is 0 Å². The Balaban J connectivity index is 3.86. The average molecular weight is 261 g/mol. The van der Waals surface area contributed by atoms with Gasteiger partial charge < -0.3 is 26.2 Å². The SMILES string of the molecule is CCCC(CC(=O)O)NC(=O)NCCOC(N)=O. The molecule has 0 saturated heterocycles. The van der Waals surface area contributed by atoms with Crippen LogP contribution < -0.4 is 16.4 Å². The third-order valence-corrected chi connectivity index (χ3v) is 2.03. The molecule has 0 aromatic carbocycles. The highest BCUT2D eigenvalue weighted by atomic mass is 16.5. The second kappa shape index (κ2) is 9.08. The van der Waals surface area contributed by atoms with Crippen molar-refractivity contribution in [3.05, 3.63) is 0 Å². The van der Waals surface area contributed by atoms with Crippen molar-refractivity contribution in [1.29, 1.82) is 0 Å². The first-order valence-corrected chi connectivity index (χ1v) is 5.64. The molecule has 0 heterocycles. The fourth-order valence-electron chi connectivity index (χ4n) is 1.34. The number of carbonyl (C=O) groups is 3. The van der Waals surface area contributed by atoms with Crippen LogP contribution in [0.25, 0.3) is 0 Å². The van der Waals surface area contributed by atoms with Gasteiger partial charge in [0, 0.05) is 6.04 Å². The van der Waals surface area contributed by atoms with E-state index in [-0.39, 0.29) is 19.6 Å². The number of nitrogens with one attached hydrogen (secondary N) is 2. The summed E-state index contributed by atoms with van der Waals surface area (Å²) in [6, 6.07) is -0.910. The maximum Gasteiger partial charge on any atom is 0.404 e. The first-order valence-electron chi connectivity index (χ1n) is 5.64. The average Bonchev–Trinajstić information content (AvgIpc) is 2.23. The van der Waals surface area contributed by atoms with E-state index in [1.165, 1.54) is 0 Å². The predicted octanol–water partition coefficient (Wildman–Crippen LogP) is 0.0243. The zero-order valence-electron chi connectivity index (χ0n) is 10.3. The summed E-state index contributed by atoms with van der Waals surface area (Å²) in [5.74, 6) is -0.967. The highest BCUT2D eigenvalue weighted by Crippen LogP contribution is 2.01. The van der Waals surface area contributed by atoms with Gasteiger partial charge in [-0.15, -0.1) is 0 Å². The third-order valence-electron chi connectivity index (χ3n) is 2.03. The van der Waals surface area contributed by atoms with E-state index in [9.17, 15) is 14.4 Å². The molecule has 3 amide bonds. The fourth-order valence-corrected chi connectivity index (χ4v) is 1.34. The van der Waals surface area contributed by atoms with Gasteiger partial charge in [-0.2, -0.15) is 0 Å². The maximum atomic E-state index is 11.4. The molecular weight excluding hydrogens is 242 g/mol. The number of rotatable bonds is 8. The molecule has 1 atom stereocenters. The van der Waals surface area contributed by atoms with E-state index in [4.69, 9.17) is 10.8 Å². The van der Waals surface area contributed by atoms with E-state index in [0.717, 1.165) is 6.42 Å². The zero-order chi connectivity index (χ0) is 14.0.